The second kappa shape index (κ2) is 8.37. The molecule has 2 aromatic carbocycles. The molecule has 1 heterocycles. The van der Waals surface area contributed by atoms with Crippen LogP contribution in [0.25, 0.3) is 0 Å². The van der Waals surface area contributed by atoms with E-state index >= 15 is 0 Å². The number of sulfone groups is 1. The topological polar surface area (TPSA) is 72.5 Å². The van der Waals surface area contributed by atoms with Crippen LogP contribution in [-0.2, 0) is 14.6 Å². The van der Waals surface area contributed by atoms with Crippen molar-refractivity contribution in [3.63, 3.8) is 0 Å². The number of benzene rings is 2. The fourth-order valence-electron chi connectivity index (χ4n) is 2.50. The first-order valence-electron chi connectivity index (χ1n) is 7.98. The quantitative estimate of drug-likeness (QED) is 0.786. The van der Waals surface area contributed by atoms with Gasteiger partial charge in [0.25, 0.3) is 5.91 Å². The Bertz CT molecular complexity index is 876. The van der Waals surface area contributed by atoms with Crippen molar-refractivity contribution in [3.05, 3.63) is 54.1 Å². The number of amides is 1. The first kappa shape index (κ1) is 19.1. The van der Waals surface area contributed by atoms with Crippen molar-refractivity contribution in [3.8, 4) is 5.75 Å². The second-order valence-corrected chi connectivity index (χ2v) is 10.5. The molecule has 0 radical (unpaired) electrons. The van der Waals surface area contributed by atoms with E-state index in [2.05, 4.69) is 5.32 Å². The first-order chi connectivity index (χ1) is 12.4. The summed E-state index contributed by atoms with van der Waals surface area (Å²) in [4.78, 5) is 12.2. The van der Waals surface area contributed by atoms with E-state index in [1.165, 1.54) is 23.1 Å². The van der Waals surface area contributed by atoms with E-state index in [4.69, 9.17) is 4.74 Å². The maximum atomic E-state index is 12.1. The van der Waals surface area contributed by atoms with Gasteiger partial charge in [0.2, 0.25) is 0 Å². The van der Waals surface area contributed by atoms with E-state index in [1.807, 2.05) is 47.8 Å². The highest BCUT2D eigenvalue weighted by atomic mass is 32.2. The number of hydrogen-bond donors (Lipinski definition) is 1. The van der Waals surface area contributed by atoms with E-state index in [0.717, 1.165) is 6.26 Å². The average molecular weight is 410 g/mol. The molecule has 1 aliphatic rings. The SMILES string of the molecule is CS(=O)(=O)c1ccccc1NC(=O)COc1ccc(C2SCCS2)cc1. The number of para-hydroxylation sites is 1. The van der Waals surface area contributed by atoms with Crippen molar-refractivity contribution in [2.75, 3.05) is 29.7 Å². The molecule has 138 valence electrons. The van der Waals surface area contributed by atoms with Gasteiger partial charge in [-0.25, -0.2) is 8.42 Å². The fraction of sp³-hybridized carbons (Fsp3) is 0.278. The number of ether oxygens (including phenoxy) is 1. The maximum absolute atomic E-state index is 12.1. The zero-order valence-corrected chi connectivity index (χ0v) is 16.6. The number of nitrogens with one attached hydrogen (secondary N) is 1. The third kappa shape index (κ3) is 4.96. The number of carbonyl (C=O) groups excluding carboxylic acids is 1. The van der Waals surface area contributed by atoms with E-state index in [9.17, 15) is 13.2 Å². The molecular weight excluding hydrogens is 390 g/mol. The number of thioether (sulfide) groups is 2. The van der Waals surface area contributed by atoms with Crippen molar-refractivity contribution in [2.45, 2.75) is 9.48 Å². The summed E-state index contributed by atoms with van der Waals surface area (Å²) in [7, 11) is -3.42. The molecule has 0 spiro atoms. The molecule has 1 N–H and O–H groups in total. The molecule has 0 unspecified atom stereocenters. The second-order valence-electron chi connectivity index (χ2n) is 5.75. The molecule has 1 amide bonds. The Morgan fingerprint density at radius 1 is 1.12 bits per heavy atom. The molecule has 0 saturated carbocycles. The number of rotatable bonds is 6. The third-order valence-electron chi connectivity index (χ3n) is 3.70. The molecule has 8 heteroatoms. The summed E-state index contributed by atoms with van der Waals surface area (Å²) in [5, 5.41) is 2.59. The molecule has 0 atom stereocenters. The van der Waals surface area contributed by atoms with Crippen LogP contribution in [0.4, 0.5) is 5.69 Å². The molecule has 0 bridgehead atoms. The Kier molecular flexibility index (Phi) is 6.16. The molecule has 0 aromatic heterocycles. The van der Waals surface area contributed by atoms with E-state index in [-0.39, 0.29) is 17.2 Å². The summed E-state index contributed by atoms with van der Waals surface area (Å²) in [5.74, 6) is 2.53. The Morgan fingerprint density at radius 2 is 1.77 bits per heavy atom. The normalized spacial score (nSPS) is 15.0. The van der Waals surface area contributed by atoms with Gasteiger partial charge in [-0.05, 0) is 29.8 Å². The summed E-state index contributed by atoms with van der Waals surface area (Å²) < 4.78 is 29.5. The molecule has 1 aliphatic heterocycles. The first-order valence-corrected chi connectivity index (χ1v) is 12.0. The van der Waals surface area contributed by atoms with Gasteiger partial charge in [-0.2, -0.15) is 0 Å². The van der Waals surface area contributed by atoms with Crippen molar-refractivity contribution in [2.24, 2.45) is 0 Å². The van der Waals surface area contributed by atoms with Gasteiger partial charge in [0.1, 0.15) is 5.75 Å². The molecule has 3 rings (SSSR count). The molecule has 0 aliphatic carbocycles. The summed E-state index contributed by atoms with van der Waals surface area (Å²) in [6.45, 7) is -0.190. The maximum Gasteiger partial charge on any atom is 0.262 e. The highest BCUT2D eigenvalue weighted by molar-refractivity contribution is 8.19. The van der Waals surface area contributed by atoms with E-state index < -0.39 is 15.7 Å². The molecule has 2 aromatic rings. The lowest BCUT2D eigenvalue weighted by Gasteiger charge is -2.12. The average Bonchev–Trinajstić information content (AvgIpc) is 3.15. The largest absolute Gasteiger partial charge is 0.484 e. The third-order valence-corrected chi connectivity index (χ3v) is 7.96. The number of carbonyl (C=O) groups is 1. The van der Waals surface area contributed by atoms with Gasteiger partial charge in [-0.1, -0.05) is 24.3 Å². The zero-order valence-electron chi connectivity index (χ0n) is 14.2. The van der Waals surface area contributed by atoms with Crippen LogP contribution < -0.4 is 10.1 Å². The van der Waals surface area contributed by atoms with Crippen LogP contribution in [0.3, 0.4) is 0 Å². The van der Waals surface area contributed by atoms with Crippen molar-refractivity contribution in [1.29, 1.82) is 0 Å². The van der Waals surface area contributed by atoms with Gasteiger partial charge in [0, 0.05) is 17.8 Å². The smallest absolute Gasteiger partial charge is 0.262 e. The standard InChI is InChI=1S/C18H19NO4S3/c1-26(21,22)16-5-3-2-4-15(16)19-17(20)12-23-14-8-6-13(7-9-14)18-24-10-11-25-18/h2-9,18H,10-12H2,1H3,(H,19,20). The Labute approximate surface area is 161 Å². The Morgan fingerprint density at radius 3 is 2.42 bits per heavy atom. The molecule has 26 heavy (non-hydrogen) atoms. The van der Waals surface area contributed by atoms with Crippen LogP contribution in [-0.4, -0.2) is 38.7 Å². The monoisotopic (exact) mass is 409 g/mol. The predicted molar refractivity (Wildman–Crippen MR) is 108 cm³/mol. The minimum atomic E-state index is -3.42. The lowest BCUT2D eigenvalue weighted by molar-refractivity contribution is -0.118. The molecule has 1 fully saturated rings. The number of hydrogen-bond acceptors (Lipinski definition) is 6. The van der Waals surface area contributed by atoms with Crippen LogP contribution in [0.1, 0.15) is 10.1 Å². The highest BCUT2D eigenvalue weighted by Gasteiger charge is 2.18. The highest BCUT2D eigenvalue weighted by Crippen LogP contribution is 2.45. The van der Waals surface area contributed by atoms with Gasteiger partial charge in [0.05, 0.1) is 15.2 Å². The number of anilines is 1. The van der Waals surface area contributed by atoms with Crippen LogP contribution in [0.15, 0.2) is 53.4 Å². The predicted octanol–water partition coefficient (Wildman–Crippen LogP) is 3.59. The van der Waals surface area contributed by atoms with Gasteiger partial charge in [0.15, 0.2) is 16.4 Å². The van der Waals surface area contributed by atoms with Gasteiger partial charge >= 0.3 is 0 Å². The summed E-state index contributed by atoms with van der Waals surface area (Å²) in [6, 6.07) is 14.0. The van der Waals surface area contributed by atoms with Crippen LogP contribution >= 0.6 is 23.5 Å². The van der Waals surface area contributed by atoms with Crippen molar-refractivity contribution < 1.29 is 17.9 Å². The van der Waals surface area contributed by atoms with Crippen molar-refractivity contribution >= 4 is 45.0 Å². The minimum absolute atomic E-state index is 0.0873. The van der Waals surface area contributed by atoms with Crippen LogP contribution in [0, 0.1) is 0 Å². The van der Waals surface area contributed by atoms with Gasteiger partial charge in [-0.15, -0.1) is 23.5 Å². The Balaban J connectivity index is 1.58. The minimum Gasteiger partial charge on any atom is -0.484 e. The van der Waals surface area contributed by atoms with Crippen LogP contribution in [0.5, 0.6) is 5.75 Å². The summed E-state index contributed by atoms with van der Waals surface area (Å²) >= 11 is 3.87. The molecule has 1 saturated heterocycles. The van der Waals surface area contributed by atoms with Crippen LogP contribution in [0.2, 0.25) is 0 Å². The zero-order chi connectivity index (χ0) is 18.6. The Hall–Kier alpha value is -1.64. The molecule has 5 nitrogen and oxygen atoms in total. The fourth-order valence-corrected chi connectivity index (χ4v) is 6.20. The lowest BCUT2D eigenvalue weighted by Crippen LogP contribution is -2.21. The van der Waals surface area contributed by atoms with Crippen molar-refractivity contribution in [1.82, 2.24) is 0 Å². The summed E-state index contributed by atoms with van der Waals surface area (Å²) in [6.07, 6.45) is 1.11. The lowest BCUT2D eigenvalue weighted by atomic mass is 10.2. The van der Waals surface area contributed by atoms with E-state index in [0.29, 0.717) is 10.3 Å². The molecular formula is C18H19NO4S3. The van der Waals surface area contributed by atoms with Gasteiger partial charge < -0.3 is 10.1 Å². The summed E-state index contributed by atoms with van der Waals surface area (Å²) in [5.41, 5.74) is 1.51. The van der Waals surface area contributed by atoms with E-state index in [1.54, 1.807) is 18.2 Å². The van der Waals surface area contributed by atoms with Gasteiger partial charge in [-0.3, -0.25) is 4.79 Å².